The highest BCUT2D eigenvalue weighted by Gasteiger charge is 1.81. The number of carbonyl (C=O) groups excluding carboxylic acids is 1. The van der Waals surface area contributed by atoms with E-state index in [0.717, 1.165) is 0 Å². The molecule has 0 saturated heterocycles. The number of nitrogens with one attached hydrogen (secondary N) is 1. The van der Waals surface area contributed by atoms with E-state index in [2.05, 4.69) is 5.32 Å². The minimum Gasteiger partial charge on any atom is -0.353 e. The zero-order valence-electron chi connectivity index (χ0n) is 5.27. The first-order valence-corrected chi connectivity index (χ1v) is 2.63. The molecule has 1 N–H and O–H groups in total. The second-order valence-corrected chi connectivity index (χ2v) is 1.51. The van der Waals surface area contributed by atoms with Crippen molar-refractivity contribution in [1.82, 2.24) is 5.32 Å². The van der Waals surface area contributed by atoms with E-state index < -0.39 is 0 Å². The summed E-state index contributed by atoms with van der Waals surface area (Å²) in [7, 11) is 0. The van der Waals surface area contributed by atoms with Crippen LogP contribution < -0.4 is 5.32 Å². The Labute approximate surface area is 49.6 Å². The fourth-order valence-electron chi connectivity index (χ4n) is 0.321. The van der Waals surface area contributed by atoms with Gasteiger partial charge in [0.05, 0.1) is 0 Å². The van der Waals surface area contributed by atoms with Crippen LogP contribution in [0.5, 0.6) is 0 Å². The van der Waals surface area contributed by atoms with Gasteiger partial charge in [-0.3, -0.25) is 4.79 Å². The van der Waals surface area contributed by atoms with Gasteiger partial charge in [-0.2, -0.15) is 0 Å². The van der Waals surface area contributed by atoms with Crippen LogP contribution >= 0.6 is 0 Å². The molecular weight excluding hydrogens is 102 g/mol. The fourth-order valence-corrected chi connectivity index (χ4v) is 0.321. The van der Waals surface area contributed by atoms with Gasteiger partial charge in [-0.1, -0.05) is 12.2 Å². The van der Waals surface area contributed by atoms with Crippen molar-refractivity contribution >= 4 is 5.91 Å². The van der Waals surface area contributed by atoms with Crippen LogP contribution in [0.4, 0.5) is 0 Å². The van der Waals surface area contributed by atoms with Crippen molar-refractivity contribution in [2.24, 2.45) is 0 Å². The van der Waals surface area contributed by atoms with Gasteiger partial charge in [-0.15, -0.1) is 0 Å². The molecule has 0 bridgehead atoms. The number of hydrogen-bond acceptors (Lipinski definition) is 1. The van der Waals surface area contributed by atoms with E-state index in [1.54, 1.807) is 0 Å². The van der Waals surface area contributed by atoms with Crippen LogP contribution in [-0.4, -0.2) is 12.5 Å². The molecule has 1 amide bonds. The molecule has 0 rings (SSSR count). The molecule has 0 heterocycles. The van der Waals surface area contributed by atoms with E-state index in [4.69, 9.17) is 0 Å². The summed E-state index contributed by atoms with van der Waals surface area (Å²) < 4.78 is 0. The predicted molar refractivity (Wildman–Crippen MR) is 33.5 cm³/mol. The Bertz CT molecular complexity index is 96.7. The second-order valence-electron chi connectivity index (χ2n) is 1.51. The highest BCUT2D eigenvalue weighted by molar-refractivity contribution is 5.72. The first-order chi connectivity index (χ1) is 3.77. The van der Waals surface area contributed by atoms with E-state index >= 15 is 0 Å². The molecule has 0 aromatic heterocycles. The maximum Gasteiger partial charge on any atom is 0.217 e. The number of rotatable bonds is 2. The Morgan fingerprint density at radius 2 is 2.38 bits per heavy atom. The van der Waals surface area contributed by atoms with Gasteiger partial charge in [0.25, 0.3) is 0 Å². The van der Waals surface area contributed by atoms with Crippen molar-refractivity contribution in [1.29, 1.82) is 0 Å². The third-order valence-electron chi connectivity index (χ3n) is 0.705. The molecule has 0 aliphatic heterocycles. The lowest BCUT2D eigenvalue weighted by Crippen LogP contribution is -2.19. The molecule has 0 fully saturated rings. The monoisotopic (exact) mass is 113 g/mol. The van der Waals surface area contributed by atoms with Crippen molar-refractivity contribution in [2.75, 3.05) is 6.54 Å². The average molecular weight is 113 g/mol. The van der Waals surface area contributed by atoms with E-state index in [9.17, 15) is 4.79 Å². The smallest absolute Gasteiger partial charge is 0.217 e. The summed E-state index contributed by atoms with van der Waals surface area (Å²) in [5.74, 6) is 0.0168. The predicted octanol–water partition coefficient (Wildman–Crippen LogP) is 0.699. The van der Waals surface area contributed by atoms with Crippen LogP contribution in [0.2, 0.25) is 0 Å². The molecule has 2 heteroatoms. The summed E-state index contributed by atoms with van der Waals surface area (Å²) in [6.07, 6.45) is 3.79. The number of amides is 1. The molecule has 0 saturated carbocycles. The Balaban J connectivity index is 3.05. The first-order valence-electron chi connectivity index (χ1n) is 2.63. The van der Waals surface area contributed by atoms with Crippen molar-refractivity contribution in [3.63, 3.8) is 0 Å². The highest BCUT2D eigenvalue weighted by atomic mass is 16.1. The van der Waals surface area contributed by atoms with E-state index in [-0.39, 0.29) is 5.91 Å². The lowest BCUT2D eigenvalue weighted by atomic mass is 10.5. The molecule has 0 unspecified atom stereocenters. The lowest BCUT2D eigenvalue weighted by Gasteiger charge is -1.91. The van der Waals surface area contributed by atoms with Crippen molar-refractivity contribution in [3.8, 4) is 0 Å². The minimum atomic E-state index is 0.0168. The number of carbonyl (C=O) groups is 1. The SMILES string of the molecule is C/C=C/CNC(C)=O. The van der Waals surface area contributed by atoms with Gasteiger partial charge >= 0.3 is 0 Å². The topological polar surface area (TPSA) is 29.1 Å². The largest absolute Gasteiger partial charge is 0.353 e. The Morgan fingerprint density at radius 3 is 2.75 bits per heavy atom. The zero-order valence-corrected chi connectivity index (χ0v) is 5.27. The molecule has 0 radical (unpaired) electrons. The maximum atomic E-state index is 10.2. The normalized spacial score (nSPS) is 9.75. The van der Waals surface area contributed by atoms with Gasteiger partial charge in [-0.25, -0.2) is 0 Å². The van der Waals surface area contributed by atoms with Crippen molar-refractivity contribution in [2.45, 2.75) is 13.8 Å². The van der Waals surface area contributed by atoms with Crippen molar-refractivity contribution < 1.29 is 4.79 Å². The van der Waals surface area contributed by atoms with E-state index in [0.29, 0.717) is 6.54 Å². The lowest BCUT2D eigenvalue weighted by molar-refractivity contribution is -0.118. The molecule has 2 nitrogen and oxygen atoms in total. The molecule has 0 aliphatic rings. The molecule has 0 spiro atoms. The molecule has 0 aliphatic carbocycles. The molecule has 0 aromatic rings. The summed E-state index contributed by atoms with van der Waals surface area (Å²) in [6, 6.07) is 0. The summed E-state index contributed by atoms with van der Waals surface area (Å²) in [5, 5.41) is 2.62. The van der Waals surface area contributed by atoms with Gasteiger partial charge < -0.3 is 5.32 Å². The molecule has 8 heavy (non-hydrogen) atoms. The van der Waals surface area contributed by atoms with Crippen LogP contribution in [0.3, 0.4) is 0 Å². The third-order valence-corrected chi connectivity index (χ3v) is 0.705. The van der Waals surface area contributed by atoms with Gasteiger partial charge in [0.2, 0.25) is 5.91 Å². The highest BCUT2D eigenvalue weighted by Crippen LogP contribution is 1.66. The third kappa shape index (κ3) is 5.21. The second kappa shape index (κ2) is 4.37. The van der Waals surface area contributed by atoms with Crippen LogP contribution in [0.25, 0.3) is 0 Å². The quantitative estimate of drug-likeness (QED) is 0.525. The minimum absolute atomic E-state index is 0.0168. The average Bonchev–Trinajstić information content (AvgIpc) is 1.66. The Kier molecular flexibility index (Phi) is 3.94. The summed E-state index contributed by atoms with van der Waals surface area (Å²) in [6.45, 7) is 4.07. The molecule has 0 aromatic carbocycles. The van der Waals surface area contributed by atoms with E-state index in [1.807, 2.05) is 19.1 Å². The van der Waals surface area contributed by atoms with Crippen molar-refractivity contribution in [3.05, 3.63) is 12.2 Å². The summed E-state index contributed by atoms with van der Waals surface area (Å²) in [4.78, 5) is 10.2. The Morgan fingerprint density at radius 1 is 1.75 bits per heavy atom. The molecule has 0 atom stereocenters. The van der Waals surface area contributed by atoms with Crippen LogP contribution in [-0.2, 0) is 4.79 Å². The van der Waals surface area contributed by atoms with Crippen LogP contribution in [0.1, 0.15) is 13.8 Å². The van der Waals surface area contributed by atoms with Gasteiger partial charge in [0, 0.05) is 13.5 Å². The van der Waals surface area contributed by atoms with Crippen LogP contribution in [0.15, 0.2) is 12.2 Å². The standard InChI is InChI=1S/C6H11NO/c1-3-4-5-7-6(2)8/h3-4H,5H2,1-2H3,(H,7,8)/b4-3+. The van der Waals surface area contributed by atoms with E-state index in [1.165, 1.54) is 6.92 Å². The van der Waals surface area contributed by atoms with Crippen LogP contribution in [0, 0.1) is 0 Å². The Hall–Kier alpha value is -0.790. The number of allylic oxidation sites excluding steroid dienone is 1. The molecule has 46 valence electrons. The zero-order chi connectivity index (χ0) is 6.41. The summed E-state index contributed by atoms with van der Waals surface area (Å²) >= 11 is 0. The number of hydrogen-bond donors (Lipinski definition) is 1. The van der Waals surface area contributed by atoms with Gasteiger partial charge in [-0.05, 0) is 6.92 Å². The van der Waals surface area contributed by atoms with Gasteiger partial charge in [0.15, 0.2) is 0 Å². The first kappa shape index (κ1) is 7.21. The maximum absolute atomic E-state index is 10.2. The molecular formula is C6H11NO. The van der Waals surface area contributed by atoms with Gasteiger partial charge in [0.1, 0.15) is 0 Å². The summed E-state index contributed by atoms with van der Waals surface area (Å²) in [5.41, 5.74) is 0. The fraction of sp³-hybridized carbons (Fsp3) is 0.500.